The monoisotopic (exact) mass is 408 g/mol. The van der Waals surface area contributed by atoms with Crippen molar-refractivity contribution in [2.45, 2.75) is 12.8 Å². The van der Waals surface area contributed by atoms with Crippen LogP contribution in [0.1, 0.15) is 32.1 Å². The fraction of sp³-hybridized carbons (Fsp3) is 0.267. The molecule has 7 nitrogen and oxygen atoms in total. The van der Waals surface area contributed by atoms with E-state index < -0.39 is 0 Å². The van der Waals surface area contributed by atoms with Crippen molar-refractivity contribution in [1.29, 1.82) is 0 Å². The number of amides is 3. The lowest BCUT2D eigenvalue weighted by Crippen LogP contribution is -2.31. The summed E-state index contributed by atoms with van der Waals surface area (Å²) < 4.78 is 0. The number of carbonyl (C=O) groups is 3. The van der Waals surface area contributed by atoms with Crippen molar-refractivity contribution >= 4 is 50.1 Å². The molecule has 2 aromatic rings. The molecule has 9 heteroatoms. The number of halogens is 1. The van der Waals surface area contributed by atoms with Crippen LogP contribution in [-0.4, -0.2) is 44.7 Å². The van der Waals surface area contributed by atoms with E-state index in [2.05, 4.69) is 31.4 Å². The second-order valence-corrected chi connectivity index (χ2v) is 6.90. The molecule has 0 atom stereocenters. The molecule has 3 amide bonds. The highest BCUT2D eigenvalue weighted by atomic mass is 79.9. The first-order valence-corrected chi connectivity index (χ1v) is 9.17. The number of benzene rings is 1. The van der Waals surface area contributed by atoms with Crippen LogP contribution in [0.2, 0.25) is 0 Å². The Labute approximate surface area is 150 Å². The Morgan fingerprint density at radius 3 is 2.46 bits per heavy atom. The summed E-state index contributed by atoms with van der Waals surface area (Å²) in [5, 5.41) is 12.2. The van der Waals surface area contributed by atoms with Crippen molar-refractivity contribution in [1.82, 2.24) is 15.1 Å². The molecule has 0 saturated heterocycles. The average molecular weight is 409 g/mol. The summed E-state index contributed by atoms with van der Waals surface area (Å²) >= 11 is 4.43. The summed E-state index contributed by atoms with van der Waals surface area (Å²) in [7, 11) is 0. The van der Waals surface area contributed by atoms with Gasteiger partial charge in [-0.15, -0.1) is 10.2 Å². The standard InChI is InChI=1S/C15H13BrN4O3S/c16-7-5-11(21)17-15-19-18-12(24-15)6-8-20-13(22)9-3-1-2-4-10(9)14(20)23/h1-4H,5-8H2,(H,17,19,21). The lowest BCUT2D eigenvalue weighted by molar-refractivity contribution is -0.115. The van der Waals surface area contributed by atoms with Gasteiger partial charge in [-0.3, -0.25) is 19.3 Å². The molecule has 0 aliphatic carbocycles. The normalized spacial score (nSPS) is 13.3. The molecule has 1 aromatic heterocycles. The molecule has 0 unspecified atom stereocenters. The predicted molar refractivity (Wildman–Crippen MR) is 92.5 cm³/mol. The van der Waals surface area contributed by atoms with Crippen LogP contribution in [-0.2, 0) is 11.2 Å². The fourth-order valence-electron chi connectivity index (χ4n) is 2.32. The Hall–Kier alpha value is -2.13. The lowest BCUT2D eigenvalue weighted by atomic mass is 10.1. The van der Waals surface area contributed by atoms with Crippen molar-refractivity contribution in [2.75, 3.05) is 17.2 Å². The van der Waals surface area contributed by atoms with E-state index in [0.717, 1.165) is 0 Å². The number of nitrogens with zero attached hydrogens (tertiary/aromatic N) is 3. The number of carbonyl (C=O) groups excluding carboxylic acids is 3. The first-order valence-electron chi connectivity index (χ1n) is 7.23. The summed E-state index contributed by atoms with van der Waals surface area (Å²) in [5.74, 6) is -0.716. The first-order chi connectivity index (χ1) is 11.6. The minimum atomic E-state index is -0.286. The lowest BCUT2D eigenvalue weighted by Gasteiger charge is -2.12. The third-order valence-electron chi connectivity index (χ3n) is 3.46. The Balaban J connectivity index is 1.61. The van der Waals surface area contributed by atoms with Crippen molar-refractivity contribution in [3.05, 3.63) is 40.4 Å². The van der Waals surface area contributed by atoms with Gasteiger partial charge in [0.1, 0.15) is 5.01 Å². The van der Waals surface area contributed by atoms with Crippen LogP contribution in [0, 0.1) is 0 Å². The molecule has 0 spiro atoms. The van der Waals surface area contributed by atoms with Gasteiger partial charge in [0.2, 0.25) is 11.0 Å². The summed E-state index contributed by atoms with van der Waals surface area (Å²) in [6.45, 7) is 0.232. The van der Waals surface area contributed by atoms with Crippen molar-refractivity contribution in [3.63, 3.8) is 0 Å². The SMILES string of the molecule is O=C(CCBr)Nc1nnc(CCN2C(=O)c3ccccc3C2=O)s1. The van der Waals surface area contributed by atoms with E-state index >= 15 is 0 Å². The molecule has 1 aliphatic heterocycles. The topological polar surface area (TPSA) is 92.3 Å². The highest BCUT2D eigenvalue weighted by molar-refractivity contribution is 9.09. The van der Waals surface area contributed by atoms with Gasteiger partial charge in [-0.1, -0.05) is 39.4 Å². The number of imide groups is 1. The van der Waals surface area contributed by atoms with E-state index in [9.17, 15) is 14.4 Å². The minimum Gasteiger partial charge on any atom is -0.301 e. The van der Waals surface area contributed by atoms with E-state index in [1.165, 1.54) is 16.2 Å². The molecule has 1 aromatic carbocycles. The largest absolute Gasteiger partial charge is 0.301 e. The molecule has 0 fully saturated rings. The molecule has 0 bridgehead atoms. The zero-order valence-electron chi connectivity index (χ0n) is 12.5. The minimum absolute atomic E-state index is 0.144. The number of hydrogen-bond donors (Lipinski definition) is 1. The average Bonchev–Trinajstić information content (AvgIpc) is 3.10. The number of nitrogens with one attached hydrogen (secondary N) is 1. The van der Waals surface area contributed by atoms with Crippen molar-refractivity contribution in [2.24, 2.45) is 0 Å². The molecule has 0 saturated carbocycles. The number of fused-ring (bicyclic) bond motifs is 1. The highest BCUT2D eigenvalue weighted by Gasteiger charge is 2.34. The molecule has 3 rings (SSSR count). The number of anilines is 1. The smallest absolute Gasteiger partial charge is 0.261 e. The van der Waals surface area contributed by atoms with Crippen LogP contribution >= 0.6 is 27.3 Å². The molecular weight excluding hydrogens is 396 g/mol. The molecular formula is C15H13BrN4O3S. The summed E-state index contributed by atoms with van der Waals surface area (Å²) in [4.78, 5) is 37.2. The van der Waals surface area contributed by atoms with Crippen LogP contribution in [0.25, 0.3) is 0 Å². The van der Waals surface area contributed by atoms with Crippen LogP contribution < -0.4 is 5.32 Å². The van der Waals surface area contributed by atoms with E-state index in [4.69, 9.17) is 0 Å². The van der Waals surface area contributed by atoms with E-state index in [1.54, 1.807) is 24.3 Å². The van der Waals surface area contributed by atoms with E-state index in [1.807, 2.05) is 0 Å². The highest BCUT2D eigenvalue weighted by Crippen LogP contribution is 2.23. The van der Waals surface area contributed by atoms with E-state index in [0.29, 0.717) is 39.4 Å². The van der Waals surface area contributed by atoms with E-state index in [-0.39, 0.29) is 24.3 Å². The third-order valence-corrected chi connectivity index (χ3v) is 4.76. The van der Waals surface area contributed by atoms with Gasteiger partial charge >= 0.3 is 0 Å². The summed E-state index contributed by atoms with van der Waals surface area (Å²) in [5.41, 5.74) is 0.866. The maximum atomic E-state index is 12.3. The Morgan fingerprint density at radius 1 is 1.17 bits per heavy atom. The Morgan fingerprint density at radius 2 is 1.83 bits per heavy atom. The van der Waals surface area contributed by atoms with Crippen LogP contribution in [0.3, 0.4) is 0 Å². The van der Waals surface area contributed by atoms with Gasteiger partial charge in [-0.2, -0.15) is 0 Å². The van der Waals surface area contributed by atoms with Crippen molar-refractivity contribution in [3.8, 4) is 0 Å². The molecule has 0 radical (unpaired) electrons. The van der Waals surface area contributed by atoms with Gasteiger partial charge in [-0.05, 0) is 12.1 Å². The number of alkyl halides is 1. The first kappa shape index (κ1) is 16.7. The van der Waals surface area contributed by atoms with Gasteiger partial charge in [-0.25, -0.2) is 0 Å². The maximum Gasteiger partial charge on any atom is 0.261 e. The predicted octanol–water partition coefficient (Wildman–Crippen LogP) is 2.10. The Bertz CT molecular complexity index is 773. The van der Waals surface area contributed by atoms with Crippen LogP contribution in [0.15, 0.2) is 24.3 Å². The van der Waals surface area contributed by atoms with Crippen LogP contribution in [0.4, 0.5) is 5.13 Å². The molecule has 124 valence electrons. The molecule has 24 heavy (non-hydrogen) atoms. The second kappa shape index (κ2) is 7.18. The quantitative estimate of drug-likeness (QED) is 0.583. The van der Waals surface area contributed by atoms with Gasteiger partial charge < -0.3 is 5.32 Å². The zero-order valence-corrected chi connectivity index (χ0v) is 14.9. The molecule has 2 heterocycles. The van der Waals surface area contributed by atoms with Crippen LogP contribution in [0.5, 0.6) is 0 Å². The van der Waals surface area contributed by atoms with Crippen molar-refractivity contribution < 1.29 is 14.4 Å². The maximum absolute atomic E-state index is 12.3. The number of rotatable bonds is 6. The summed E-state index contributed by atoms with van der Waals surface area (Å²) in [6.07, 6.45) is 0.751. The van der Waals surface area contributed by atoms with Gasteiger partial charge in [0.05, 0.1) is 11.1 Å². The van der Waals surface area contributed by atoms with Gasteiger partial charge in [0, 0.05) is 24.7 Å². The second-order valence-electron chi connectivity index (χ2n) is 5.05. The number of aromatic nitrogens is 2. The zero-order chi connectivity index (χ0) is 17.1. The third kappa shape index (κ3) is 3.36. The number of hydrogen-bond acceptors (Lipinski definition) is 6. The van der Waals surface area contributed by atoms with Gasteiger partial charge in [0.25, 0.3) is 11.8 Å². The van der Waals surface area contributed by atoms with Gasteiger partial charge in [0.15, 0.2) is 0 Å². The molecule has 1 aliphatic rings. The Kier molecular flexibility index (Phi) is 5.00. The molecule has 1 N–H and O–H groups in total. The fourth-order valence-corrected chi connectivity index (χ4v) is 3.43. The summed E-state index contributed by atoms with van der Waals surface area (Å²) in [6, 6.07) is 6.77.